The van der Waals surface area contributed by atoms with Crippen LogP contribution in [-0.2, 0) is 6.42 Å². The second-order valence-corrected chi connectivity index (χ2v) is 6.59. The van der Waals surface area contributed by atoms with Crippen LogP contribution in [0.25, 0.3) is 0 Å². The number of rotatable bonds is 6. The topological polar surface area (TPSA) is 38.5 Å². The fourth-order valence-corrected chi connectivity index (χ4v) is 3.41. The van der Waals surface area contributed by atoms with Crippen molar-refractivity contribution in [2.24, 2.45) is 11.7 Å². The highest BCUT2D eigenvalue weighted by molar-refractivity contribution is 5.41. The minimum absolute atomic E-state index is 0.397. The molecule has 20 heavy (non-hydrogen) atoms. The summed E-state index contributed by atoms with van der Waals surface area (Å²) in [6.07, 6.45) is 6.60. The van der Waals surface area contributed by atoms with E-state index in [2.05, 4.69) is 23.1 Å². The summed E-state index contributed by atoms with van der Waals surface area (Å²) in [7, 11) is 0. The van der Waals surface area contributed by atoms with E-state index < -0.39 is 0 Å². The van der Waals surface area contributed by atoms with Crippen molar-refractivity contribution in [1.82, 2.24) is 4.90 Å². The second-order valence-electron chi connectivity index (χ2n) is 6.59. The van der Waals surface area contributed by atoms with E-state index in [-0.39, 0.29) is 0 Å². The normalized spacial score (nSPS) is 22.7. The molecule has 0 amide bonds. The molecule has 1 unspecified atom stereocenters. The SMILES string of the molecule is NCC(c1ccc2c(c1)CCO2)N(CC1CC1)C1CC1. The Balaban J connectivity index is 1.58. The Kier molecular flexibility index (Phi) is 3.20. The third-order valence-electron chi connectivity index (χ3n) is 4.90. The minimum Gasteiger partial charge on any atom is -0.493 e. The maximum atomic E-state index is 6.14. The van der Waals surface area contributed by atoms with Gasteiger partial charge in [-0.25, -0.2) is 0 Å². The molecule has 2 fully saturated rings. The van der Waals surface area contributed by atoms with Crippen LogP contribution in [0.5, 0.6) is 5.75 Å². The van der Waals surface area contributed by atoms with Crippen LogP contribution in [0.4, 0.5) is 0 Å². The van der Waals surface area contributed by atoms with Crippen molar-refractivity contribution in [3.05, 3.63) is 29.3 Å². The maximum Gasteiger partial charge on any atom is 0.122 e. The van der Waals surface area contributed by atoms with E-state index >= 15 is 0 Å². The first-order valence-electron chi connectivity index (χ1n) is 8.06. The van der Waals surface area contributed by atoms with Crippen molar-refractivity contribution >= 4 is 0 Å². The molecule has 108 valence electrons. The molecule has 0 radical (unpaired) electrons. The van der Waals surface area contributed by atoms with Gasteiger partial charge in [0.25, 0.3) is 0 Å². The van der Waals surface area contributed by atoms with Crippen molar-refractivity contribution in [2.45, 2.75) is 44.2 Å². The molecule has 1 atom stereocenters. The Morgan fingerprint density at radius 1 is 1.25 bits per heavy atom. The monoisotopic (exact) mass is 272 g/mol. The molecule has 0 saturated heterocycles. The molecule has 3 nitrogen and oxygen atoms in total. The van der Waals surface area contributed by atoms with E-state index in [0.717, 1.165) is 37.3 Å². The Morgan fingerprint density at radius 3 is 2.80 bits per heavy atom. The summed E-state index contributed by atoms with van der Waals surface area (Å²) in [6.45, 7) is 2.81. The van der Waals surface area contributed by atoms with Gasteiger partial charge < -0.3 is 10.5 Å². The smallest absolute Gasteiger partial charge is 0.122 e. The molecule has 1 aromatic rings. The predicted octanol–water partition coefficient (Wildman–Crippen LogP) is 2.50. The van der Waals surface area contributed by atoms with Gasteiger partial charge >= 0.3 is 0 Å². The van der Waals surface area contributed by atoms with Gasteiger partial charge in [-0.1, -0.05) is 12.1 Å². The molecule has 0 aromatic heterocycles. The maximum absolute atomic E-state index is 6.14. The zero-order valence-corrected chi connectivity index (χ0v) is 12.1. The Labute approximate surface area is 121 Å². The number of nitrogens with two attached hydrogens (primary N) is 1. The molecule has 2 N–H and O–H groups in total. The number of benzene rings is 1. The van der Waals surface area contributed by atoms with Crippen LogP contribution in [0, 0.1) is 5.92 Å². The second kappa shape index (κ2) is 5.05. The van der Waals surface area contributed by atoms with E-state index in [0.29, 0.717) is 6.04 Å². The van der Waals surface area contributed by atoms with Gasteiger partial charge in [-0.05, 0) is 48.8 Å². The lowest BCUT2D eigenvalue weighted by Gasteiger charge is -2.31. The molecule has 4 rings (SSSR count). The van der Waals surface area contributed by atoms with E-state index in [9.17, 15) is 0 Å². The largest absolute Gasteiger partial charge is 0.493 e. The van der Waals surface area contributed by atoms with Gasteiger partial charge in [0, 0.05) is 31.6 Å². The van der Waals surface area contributed by atoms with E-state index in [4.69, 9.17) is 10.5 Å². The van der Waals surface area contributed by atoms with Crippen molar-refractivity contribution in [2.75, 3.05) is 19.7 Å². The van der Waals surface area contributed by atoms with E-state index in [1.165, 1.54) is 43.4 Å². The highest BCUT2D eigenvalue weighted by atomic mass is 16.5. The molecule has 2 aliphatic carbocycles. The quantitative estimate of drug-likeness (QED) is 0.864. The first-order valence-corrected chi connectivity index (χ1v) is 8.06. The number of ether oxygens (including phenoxy) is 1. The van der Waals surface area contributed by atoms with Crippen molar-refractivity contribution in [1.29, 1.82) is 0 Å². The first-order chi connectivity index (χ1) is 9.85. The van der Waals surface area contributed by atoms with Crippen LogP contribution < -0.4 is 10.5 Å². The van der Waals surface area contributed by atoms with Crippen LogP contribution in [0.3, 0.4) is 0 Å². The van der Waals surface area contributed by atoms with Crippen LogP contribution in [0.2, 0.25) is 0 Å². The van der Waals surface area contributed by atoms with Crippen molar-refractivity contribution in [3.63, 3.8) is 0 Å². The minimum atomic E-state index is 0.397. The van der Waals surface area contributed by atoms with Crippen molar-refractivity contribution < 1.29 is 4.74 Å². The molecular formula is C17H24N2O. The van der Waals surface area contributed by atoms with Crippen LogP contribution in [0.1, 0.15) is 42.9 Å². The molecule has 1 aromatic carbocycles. The predicted molar refractivity (Wildman–Crippen MR) is 79.9 cm³/mol. The summed E-state index contributed by atoms with van der Waals surface area (Å²) in [5, 5.41) is 0. The van der Waals surface area contributed by atoms with Crippen LogP contribution in [-0.4, -0.2) is 30.6 Å². The molecular weight excluding hydrogens is 248 g/mol. The molecule has 1 heterocycles. The Morgan fingerprint density at radius 2 is 2.10 bits per heavy atom. The van der Waals surface area contributed by atoms with E-state index in [1.54, 1.807) is 0 Å². The van der Waals surface area contributed by atoms with E-state index in [1.807, 2.05) is 0 Å². The zero-order chi connectivity index (χ0) is 13.5. The third kappa shape index (κ3) is 2.45. The van der Waals surface area contributed by atoms with Gasteiger partial charge in [-0.3, -0.25) is 4.90 Å². The molecule has 1 aliphatic heterocycles. The highest BCUT2D eigenvalue weighted by Crippen LogP contribution is 2.40. The third-order valence-corrected chi connectivity index (χ3v) is 4.90. The Hall–Kier alpha value is -1.06. The lowest BCUT2D eigenvalue weighted by atomic mass is 10.0. The first kappa shape index (κ1) is 12.7. The fraction of sp³-hybridized carbons (Fsp3) is 0.647. The lowest BCUT2D eigenvalue weighted by molar-refractivity contribution is 0.182. The van der Waals surface area contributed by atoms with Gasteiger partial charge in [-0.2, -0.15) is 0 Å². The van der Waals surface area contributed by atoms with Gasteiger partial charge in [0.1, 0.15) is 5.75 Å². The average Bonchev–Trinajstić information content (AvgIpc) is 3.37. The summed E-state index contributed by atoms with van der Waals surface area (Å²) >= 11 is 0. The molecule has 3 heteroatoms. The molecule has 3 aliphatic rings. The standard InChI is InChI=1S/C17H24N2O/c18-10-16(19(15-4-5-15)11-12-1-2-12)13-3-6-17-14(9-13)7-8-20-17/h3,6,9,12,15-16H,1-2,4-5,7-8,10-11,18H2. The number of nitrogens with zero attached hydrogens (tertiary/aromatic N) is 1. The fourth-order valence-electron chi connectivity index (χ4n) is 3.41. The molecule has 2 saturated carbocycles. The summed E-state index contributed by atoms with van der Waals surface area (Å²) < 4.78 is 5.62. The van der Waals surface area contributed by atoms with Gasteiger partial charge in [0.05, 0.1) is 6.61 Å². The summed E-state index contributed by atoms with van der Waals surface area (Å²) in [5.74, 6) is 2.01. The zero-order valence-electron chi connectivity index (χ0n) is 12.1. The highest BCUT2D eigenvalue weighted by Gasteiger charge is 2.37. The Bertz CT molecular complexity index is 494. The average molecular weight is 272 g/mol. The summed E-state index contributed by atoms with van der Waals surface area (Å²) in [6, 6.07) is 7.89. The lowest BCUT2D eigenvalue weighted by Crippen LogP contribution is -2.37. The summed E-state index contributed by atoms with van der Waals surface area (Å²) in [4.78, 5) is 2.69. The summed E-state index contributed by atoms with van der Waals surface area (Å²) in [5.41, 5.74) is 8.90. The number of hydrogen-bond donors (Lipinski definition) is 1. The van der Waals surface area contributed by atoms with Gasteiger partial charge in [0.2, 0.25) is 0 Å². The van der Waals surface area contributed by atoms with Crippen molar-refractivity contribution in [3.8, 4) is 5.75 Å². The van der Waals surface area contributed by atoms with Crippen LogP contribution in [0.15, 0.2) is 18.2 Å². The van der Waals surface area contributed by atoms with Crippen LogP contribution >= 0.6 is 0 Å². The molecule has 0 spiro atoms. The number of hydrogen-bond acceptors (Lipinski definition) is 3. The number of fused-ring (bicyclic) bond motifs is 1. The molecule has 0 bridgehead atoms. The van der Waals surface area contributed by atoms with Gasteiger partial charge in [0.15, 0.2) is 0 Å². The van der Waals surface area contributed by atoms with Gasteiger partial charge in [-0.15, -0.1) is 0 Å².